The molecule has 0 bridgehead atoms. The molecule has 1 aliphatic heterocycles. The minimum absolute atomic E-state index is 0.324. The number of rotatable bonds is 8. The van der Waals surface area contributed by atoms with Crippen LogP contribution in [-0.4, -0.2) is 54.1 Å². The van der Waals surface area contributed by atoms with Crippen LogP contribution in [0.5, 0.6) is 0 Å². The lowest BCUT2D eigenvalue weighted by Crippen LogP contribution is -2.38. The Hall–Kier alpha value is -2.38. The summed E-state index contributed by atoms with van der Waals surface area (Å²) < 4.78 is 13.3. The van der Waals surface area contributed by atoms with Crippen LogP contribution in [0.4, 0.5) is 0 Å². The van der Waals surface area contributed by atoms with Crippen molar-refractivity contribution >= 4 is 5.96 Å². The molecule has 1 aromatic carbocycles. The predicted molar refractivity (Wildman–Crippen MR) is 124 cm³/mol. The fourth-order valence-corrected chi connectivity index (χ4v) is 3.87. The van der Waals surface area contributed by atoms with Gasteiger partial charge in [-0.1, -0.05) is 38.1 Å². The second-order valence-corrected chi connectivity index (χ2v) is 8.56. The average Bonchev–Trinajstić information content (AvgIpc) is 3.14. The van der Waals surface area contributed by atoms with Crippen molar-refractivity contribution in [1.29, 1.82) is 0 Å². The van der Waals surface area contributed by atoms with E-state index >= 15 is 0 Å². The van der Waals surface area contributed by atoms with Gasteiger partial charge in [0.05, 0.1) is 18.4 Å². The Bertz CT molecular complexity index is 838. The zero-order valence-corrected chi connectivity index (χ0v) is 19.6. The van der Waals surface area contributed by atoms with Gasteiger partial charge < -0.3 is 19.7 Å². The van der Waals surface area contributed by atoms with E-state index in [0.29, 0.717) is 18.6 Å². The first-order valence-electron chi connectivity index (χ1n) is 11.2. The Balaban J connectivity index is 1.49. The molecule has 2 heterocycles. The first kappa shape index (κ1) is 23.3. The van der Waals surface area contributed by atoms with Crippen LogP contribution in [0.3, 0.4) is 0 Å². The monoisotopic (exact) mass is 427 g/mol. The molecule has 0 atom stereocenters. The van der Waals surface area contributed by atoms with E-state index in [2.05, 4.69) is 71.7 Å². The first-order chi connectivity index (χ1) is 15.0. The number of benzene rings is 1. The van der Waals surface area contributed by atoms with Crippen LogP contribution in [0.2, 0.25) is 0 Å². The molecule has 0 saturated carbocycles. The smallest absolute Gasteiger partial charge is 0.193 e. The van der Waals surface area contributed by atoms with Crippen molar-refractivity contribution in [2.75, 3.05) is 27.3 Å². The van der Waals surface area contributed by atoms with Crippen molar-refractivity contribution < 1.29 is 9.47 Å². The highest BCUT2D eigenvalue weighted by atomic mass is 16.5. The molecule has 0 radical (unpaired) electrons. The van der Waals surface area contributed by atoms with Crippen LogP contribution in [-0.2, 0) is 36.2 Å². The van der Waals surface area contributed by atoms with Crippen molar-refractivity contribution in [2.24, 2.45) is 12.0 Å². The summed E-state index contributed by atoms with van der Waals surface area (Å²) in [7, 11) is 5.85. The van der Waals surface area contributed by atoms with E-state index in [1.807, 2.05) is 18.8 Å². The van der Waals surface area contributed by atoms with E-state index in [4.69, 9.17) is 9.47 Å². The van der Waals surface area contributed by atoms with Gasteiger partial charge in [-0.3, -0.25) is 9.67 Å². The maximum absolute atomic E-state index is 6.01. The van der Waals surface area contributed by atoms with Gasteiger partial charge in [0, 0.05) is 59.2 Å². The SMILES string of the molecule is CN=C(NCc1ccc(COC2CCOCC2)cc1)N(C)Cc1cn(C)nc1C(C)C. The van der Waals surface area contributed by atoms with Gasteiger partial charge in [0.2, 0.25) is 0 Å². The molecule has 2 aromatic rings. The van der Waals surface area contributed by atoms with Crippen LogP contribution >= 0.6 is 0 Å². The van der Waals surface area contributed by atoms with E-state index in [-0.39, 0.29) is 0 Å². The summed E-state index contributed by atoms with van der Waals surface area (Å²) in [5.74, 6) is 1.26. The Morgan fingerprint density at radius 2 is 1.94 bits per heavy atom. The Labute approximate surface area is 186 Å². The molecule has 0 spiro atoms. The maximum atomic E-state index is 6.01. The highest BCUT2D eigenvalue weighted by Gasteiger charge is 2.16. The first-order valence-corrected chi connectivity index (χ1v) is 11.2. The molecule has 1 saturated heterocycles. The fraction of sp³-hybridized carbons (Fsp3) is 0.583. The van der Waals surface area contributed by atoms with E-state index in [0.717, 1.165) is 50.8 Å². The topological polar surface area (TPSA) is 63.9 Å². The molecule has 1 aliphatic rings. The second kappa shape index (κ2) is 11.3. The zero-order valence-electron chi connectivity index (χ0n) is 19.6. The summed E-state index contributed by atoms with van der Waals surface area (Å²) >= 11 is 0. The summed E-state index contributed by atoms with van der Waals surface area (Å²) in [6.07, 6.45) is 4.41. The second-order valence-electron chi connectivity index (χ2n) is 8.56. The molecule has 0 unspecified atom stereocenters. The Morgan fingerprint density at radius 1 is 1.26 bits per heavy atom. The van der Waals surface area contributed by atoms with Crippen molar-refractivity contribution in [2.45, 2.75) is 58.4 Å². The maximum Gasteiger partial charge on any atom is 0.193 e. The Kier molecular flexibility index (Phi) is 8.49. The van der Waals surface area contributed by atoms with Crippen molar-refractivity contribution in [3.05, 3.63) is 52.8 Å². The summed E-state index contributed by atoms with van der Waals surface area (Å²) in [6, 6.07) is 8.60. The Morgan fingerprint density at radius 3 is 2.58 bits per heavy atom. The van der Waals surface area contributed by atoms with Gasteiger partial charge in [-0.2, -0.15) is 5.10 Å². The molecule has 7 heteroatoms. The average molecular weight is 428 g/mol. The summed E-state index contributed by atoms with van der Waals surface area (Å²) in [6.45, 7) is 8.13. The minimum Gasteiger partial charge on any atom is -0.381 e. The lowest BCUT2D eigenvalue weighted by molar-refractivity contribution is -0.0390. The van der Waals surface area contributed by atoms with Crippen LogP contribution in [0.15, 0.2) is 35.5 Å². The van der Waals surface area contributed by atoms with Crippen molar-refractivity contribution in [3.63, 3.8) is 0 Å². The van der Waals surface area contributed by atoms with Gasteiger partial charge >= 0.3 is 0 Å². The number of aromatic nitrogens is 2. The quantitative estimate of drug-likeness (QED) is 0.516. The molecule has 1 aromatic heterocycles. The minimum atomic E-state index is 0.324. The largest absolute Gasteiger partial charge is 0.381 e. The third-order valence-corrected chi connectivity index (χ3v) is 5.59. The van der Waals surface area contributed by atoms with E-state index in [1.54, 1.807) is 0 Å². The van der Waals surface area contributed by atoms with Gasteiger partial charge in [0.15, 0.2) is 5.96 Å². The van der Waals surface area contributed by atoms with Crippen LogP contribution in [0, 0.1) is 0 Å². The molecule has 3 rings (SSSR count). The van der Waals surface area contributed by atoms with E-state index in [9.17, 15) is 0 Å². The van der Waals surface area contributed by atoms with E-state index < -0.39 is 0 Å². The van der Waals surface area contributed by atoms with Gasteiger partial charge in [0.25, 0.3) is 0 Å². The number of hydrogen-bond donors (Lipinski definition) is 1. The standard InChI is InChI=1S/C24H37N5O2/c1-18(2)23-21(16-29(5)27-23)15-28(4)24(25-3)26-14-19-6-8-20(9-7-19)17-31-22-10-12-30-13-11-22/h6-9,16,18,22H,10-15,17H2,1-5H3,(H,25,26). The van der Waals surface area contributed by atoms with Gasteiger partial charge in [-0.15, -0.1) is 0 Å². The van der Waals surface area contributed by atoms with Crippen molar-refractivity contribution in [3.8, 4) is 0 Å². The number of guanidine groups is 1. The van der Waals surface area contributed by atoms with Crippen LogP contribution in [0.25, 0.3) is 0 Å². The normalized spacial score (nSPS) is 15.5. The lowest BCUT2D eigenvalue weighted by atomic mass is 10.1. The summed E-state index contributed by atoms with van der Waals surface area (Å²) in [5.41, 5.74) is 4.79. The van der Waals surface area contributed by atoms with Gasteiger partial charge in [-0.25, -0.2) is 0 Å². The van der Waals surface area contributed by atoms with Crippen LogP contribution < -0.4 is 5.32 Å². The number of ether oxygens (including phenoxy) is 2. The van der Waals surface area contributed by atoms with Crippen LogP contribution in [0.1, 0.15) is 55.0 Å². The number of nitrogens with zero attached hydrogens (tertiary/aromatic N) is 4. The third kappa shape index (κ3) is 6.80. The number of aliphatic imine (C=N–C) groups is 1. The van der Waals surface area contributed by atoms with Gasteiger partial charge in [0.1, 0.15) is 0 Å². The molecular weight excluding hydrogens is 390 g/mol. The lowest BCUT2D eigenvalue weighted by Gasteiger charge is -2.23. The summed E-state index contributed by atoms with van der Waals surface area (Å²) in [5, 5.41) is 8.08. The molecule has 0 amide bonds. The predicted octanol–water partition coefficient (Wildman–Crippen LogP) is 3.45. The molecule has 1 fully saturated rings. The highest BCUT2D eigenvalue weighted by molar-refractivity contribution is 5.79. The number of aryl methyl sites for hydroxylation is 1. The van der Waals surface area contributed by atoms with Crippen molar-refractivity contribution in [1.82, 2.24) is 20.0 Å². The molecule has 0 aliphatic carbocycles. The number of nitrogens with one attached hydrogen (secondary N) is 1. The van der Waals surface area contributed by atoms with Gasteiger partial charge in [-0.05, 0) is 29.9 Å². The third-order valence-electron chi connectivity index (χ3n) is 5.59. The molecule has 170 valence electrons. The highest BCUT2D eigenvalue weighted by Crippen LogP contribution is 2.19. The molecule has 31 heavy (non-hydrogen) atoms. The zero-order chi connectivity index (χ0) is 22.2. The van der Waals surface area contributed by atoms with E-state index in [1.165, 1.54) is 16.7 Å². The summed E-state index contributed by atoms with van der Waals surface area (Å²) in [4.78, 5) is 6.59. The molecule has 1 N–H and O–H groups in total. The fourth-order valence-electron chi connectivity index (χ4n) is 3.87. The molecular formula is C24H37N5O2. The number of hydrogen-bond acceptors (Lipinski definition) is 4. The molecule has 7 nitrogen and oxygen atoms in total.